The Bertz CT molecular complexity index is 262. The van der Waals surface area contributed by atoms with Crippen molar-refractivity contribution in [2.24, 2.45) is 23.5 Å². The van der Waals surface area contributed by atoms with Crippen molar-refractivity contribution in [2.45, 2.75) is 78.3 Å². The predicted molar refractivity (Wildman–Crippen MR) is 85.3 cm³/mol. The van der Waals surface area contributed by atoms with Crippen LogP contribution in [0.25, 0.3) is 0 Å². The van der Waals surface area contributed by atoms with E-state index in [9.17, 15) is 0 Å². The van der Waals surface area contributed by atoms with Crippen LogP contribution >= 0.6 is 0 Å². The van der Waals surface area contributed by atoms with Gasteiger partial charge in [-0.05, 0) is 51.0 Å². The Hall–Kier alpha value is -0.0800. The van der Waals surface area contributed by atoms with E-state index in [1.165, 1.54) is 32.1 Å². The highest BCUT2D eigenvalue weighted by Gasteiger charge is 2.40. The van der Waals surface area contributed by atoms with E-state index in [0.29, 0.717) is 6.04 Å². The average molecular weight is 268 g/mol. The minimum atomic E-state index is 0.251. The van der Waals surface area contributed by atoms with Gasteiger partial charge in [0.1, 0.15) is 0 Å². The normalized spacial score (nSPS) is 30.3. The van der Waals surface area contributed by atoms with Crippen molar-refractivity contribution >= 4 is 0 Å². The zero-order chi connectivity index (χ0) is 14.6. The molecule has 2 heteroatoms. The third-order valence-electron chi connectivity index (χ3n) is 5.40. The molecular weight excluding hydrogens is 232 g/mol. The van der Waals surface area contributed by atoms with Gasteiger partial charge in [0.15, 0.2) is 0 Å². The summed E-state index contributed by atoms with van der Waals surface area (Å²) in [7, 11) is 2.31. The lowest BCUT2D eigenvalue weighted by Gasteiger charge is -2.50. The van der Waals surface area contributed by atoms with E-state index in [1.807, 2.05) is 0 Å². The van der Waals surface area contributed by atoms with Gasteiger partial charge in [0.05, 0.1) is 0 Å². The summed E-state index contributed by atoms with van der Waals surface area (Å²) in [5, 5.41) is 0. The smallest absolute Gasteiger partial charge is 0.0334 e. The number of hydrogen-bond donors (Lipinski definition) is 1. The Morgan fingerprint density at radius 2 is 1.84 bits per heavy atom. The van der Waals surface area contributed by atoms with Crippen LogP contribution in [0.15, 0.2) is 0 Å². The molecule has 0 amide bonds. The molecule has 1 fully saturated rings. The van der Waals surface area contributed by atoms with Crippen LogP contribution in [-0.4, -0.2) is 30.1 Å². The molecule has 0 bridgehead atoms. The van der Waals surface area contributed by atoms with Gasteiger partial charge in [-0.1, -0.05) is 40.5 Å². The minimum Gasteiger partial charge on any atom is -0.329 e. The lowest BCUT2D eigenvalue weighted by Crippen LogP contribution is -2.58. The van der Waals surface area contributed by atoms with Crippen LogP contribution in [0.3, 0.4) is 0 Å². The van der Waals surface area contributed by atoms with Gasteiger partial charge in [-0.2, -0.15) is 0 Å². The van der Waals surface area contributed by atoms with E-state index >= 15 is 0 Å². The first-order valence-electron chi connectivity index (χ1n) is 8.25. The van der Waals surface area contributed by atoms with Crippen LogP contribution in [0.4, 0.5) is 0 Å². The third kappa shape index (κ3) is 4.19. The monoisotopic (exact) mass is 268 g/mol. The summed E-state index contributed by atoms with van der Waals surface area (Å²) < 4.78 is 0. The molecule has 1 aliphatic carbocycles. The molecule has 2 nitrogen and oxygen atoms in total. The summed E-state index contributed by atoms with van der Waals surface area (Å²) in [6.07, 6.45) is 6.58. The molecule has 2 N–H and O–H groups in total. The molecule has 0 spiro atoms. The fourth-order valence-corrected chi connectivity index (χ4v) is 3.91. The molecule has 3 atom stereocenters. The maximum Gasteiger partial charge on any atom is 0.0334 e. The van der Waals surface area contributed by atoms with Crippen LogP contribution in [0, 0.1) is 17.8 Å². The second kappa shape index (κ2) is 7.08. The molecule has 0 aliphatic heterocycles. The van der Waals surface area contributed by atoms with Crippen molar-refractivity contribution in [3.63, 3.8) is 0 Å². The van der Waals surface area contributed by atoms with E-state index < -0.39 is 0 Å². The quantitative estimate of drug-likeness (QED) is 0.791. The number of hydrogen-bond acceptors (Lipinski definition) is 2. The van der Waals surface area contributed by atoms with Crippen LogP contribution < -0.4 is 5.73 Å². The van der Waals surface area contributed by atoms with E-state index in [1.54, 1.807) is 0 Å². The van der Waals surface area contributed by atoms with Crippen molar-refractivity contribution in [1.82, 2.24) is 4.90 Å². The summed E-state index contributed by atoms with van der Waals surface area (Å²) >= 11 is 0. The molecule has 19 heavy (non-hydrogen) atoms. The molecule has 1 aliphatic rings. The van der Waals surface area contributed by atoms with Crippen molar-refractivity contribution in [3.05, 3.63) is 0 Å². The zero-order valence-electron chi connectivity index (χ0n) is 14.1. The lowest BCUT2D eigenvalue weighted by molar-refractivity contribution is 0.0141. The van der Waals surface area contributed by atoms with E-state index in [0.717, 1.165) is 24.3 Å². The molecule has 3 unspecified atom stereocenters. The summed E-state index contributed by atoms with van der Waals surface area (Å²) in [4.78, 5) is 2.61. The highest BCUT2D eigenvalue weighted by Crippen LogP contribution is 2.40. The van der Waals surface area contributed by atoms with Crippen LogP contribution in [0.1, 0.15) is 66.7 Å². The summed E-state index contributed by atoms with van der Waals surface area (Å²) in [6, 6.07) is 0.634. The molecule has 1 rings (SSSR count). The second-order valence-corrected chi connectivity index (χ2v) is 7.62. The Kier molecular flexibility index (Phi) is 6.32. The Morgan fingerprint density at radius 1 is 1.21 bits per heavy atom. The van der Waals surface area contributed by atoms with Crippen LogP contribution in [0.5, 0.6) is 0 Å². The van der Waals surface area contributed by atoms with Gasteiger partial charge < -0.3 is 5.73 Å². The first-order chi connectivity index (χ1) is 8.82. The molecule has 0 aromatic heterocycles. The van der Waals surface area contributed by atoms with Crippen LogP contribution in [-0.2, 0) is 0 Å². The highest BCUT2D eigenvalue weighted by atomic mass is 15.2. The molecule has 0 aromatic carbocycles. The first-order valence-corrected chi connectivity index (χ1v) is 8.25. The maximum absolute atomic E-state index is 6.23. The summed E-state index contributed by atoms with van der Waals surface area (Å²) in [5.74, 6) is 2.41. The topological polar surface area (TPSA) is 29.3 Å². The van der Waals surface area contributed by atoms with Gasteiger partial charge in [0, 0.05) is 18.1 Å². The standard InChI is InChI=1S/C17H36N2/c1-13(2)10-15(5)19(6)17(12-18)9-7-8-16(11-17)14(3)4/h13-16H,7-12,18H2,1-6H3. The zero-order valence-corrected chi connectivity index (χ0v) is 14.1. The Balaban J connectivity index is 2.78. The van der Waals surface area contributed by atoms with Gasteiger partial charge in [-0.3, -0.25) is 4.90 Å². The number of rotatable bonds is 6. The van der Waals surface area contributed by atoms with E-state index in [2.05, 4.69) is 46.6 Å². The SMILES string of the molecule is CC(C)CC(C)N(C)C1(CN)CCCC(C(C)C)C1. The Morgan fingerprint density at radius 3 is 2.32 bits per heavy atom. The van der Waals surface area contributed by atoms with Crippen LogP contribution in [0.2, 0.25) is 0 Å². The molecule has 0 radical (unpaired) electrons. The van der Waals surface area contributed by atoms with Gasteiger partial charge in [0.2, 0.25) is 0 Å². The van der Waals surface area contributed by atoms with E-state index in [4.69, 9.17) is 5.73 Å². The second-order valence-electron chi connectivity index (χ2n) is 7.62. The fourth-order valence-electron chi connectivity index (χ4n) is 3.91. The van der Waals surface area contributed by atoms with Gasteiger partial charge in [0.25, 0.3) is 0 Å². The average Bonchev–Trinajstić information content (AvgIpc) is 2.36. The van der Waals surface area contributed by atoms with Crippen molar-refractivity contribution in [1.29, 1.82) is 0 Å². The Labute approximate surface area is 121 Å². The summed E-state index contributed by atoms with van der Waals surface area (Å²) in [5.41, 5.74) is 6.48. The fraction of sp³-hybridized carbons (Fsp3) is 1.00. The van der Waals surface area contributed by atoms with Gasteiger partial charge in [-0.15, -0.1) is 0 Å². The van der Waals surface area contributed by atoms with Crippen molar-refractivity contribution in [2.75, 3.05) is 13.6 Å². The van der Waals surface area contributed by atoms with Gasteiger partial charge >= 0.3 is 0 Å². The van der Waals surface area contributed by atoms with E-state index in [-0.39, 0.29) is 5.54 Å². The van der Waals surface area contributed by atoms with Crippen molar-refractivity contribution < 1.29 is 0 Å². The largest absolute Gasteiger partial charge is 0.329 e. The first kappa shape index (κ1) is 17.0. The van der Waals surface area contributed by atoms with Gasteiger partial charge in [-0.25, -0.2) is 0 Å². The molecule has 114 valence electrons. The molecule has 0 aromatic rings. The predicted octanol–water partition coefficient (Wildman–Crippen LogP) is 3.90. The third-order valence-corrected chi connectivity index (χ3v) is 5.40. The summed E-state index contributed by atoms with van der Waals surface area (Å²) in [6.45, 7) is 12.6. The lowest BCUT2D eigenvalue weighted by atomic mass is 9.70. The molecule has 0 saturated heterocycles. The number of nitrogens with two attached hydrogens (primary N) is 1. The van der Waals surface area contributed by atoms with Crippen molar-refractivity contribution in [3.8, 4) is 0 Å². The number of likely N-dealkylation sites (N-methyl/N-ethyl adjacent to an activating group) is 1. The minimum absolute atomic E-state index is 0.251. The molecule has 0 heterocycles. The highest BCUT2D eigenvalue weighted by molar-refractivity contribution is 4.97. The molecule has 1 saturated carbocycles. The maximum atomic E-state index is 6.23. The molecular formula is C17H36N2. The number of nitrogens with zero attached hydrogens (tertiary/aromatic N) is 1.